The van der Waals surface area contributed by atoms with Crippen LogP contribution in [0.1, 0.15) is 10.4 Å². The fraction of sp³-hybridized carbons (Fsp3) is 0. The molecule has 0 amide bonds. The molecule has 0 aliphatic rings. The molecule has 0 aromatic carbocycles. The van der Waals surface area contributed by atoms with Crippen LogP contribution in [0.2, 0.25) is 9.49 Å². The molecule has 0 aliphatic carbocycles. The minimum Gasteiger partial charge on any atom is -0.478 e. The Labute approximate surface area is 121 Å². The Kier molecular flexibility index (Phi) is 2.97. The fourth-order valence-electron chi connectivity index (χ4n) is 1.78. The summed E-state index contributed by atoms with van der Waals surface area (Å²) >= 11 is 13.3. The van der Waals surface area contributed by atoms with Gasteiger partial charge in [0, 0.05) is 6.20 Å². The molecule has 96 valence electrons. The Morgan fingerprint density at radius 3 is 2.68 bits per heavy atom. The summed E-state index contributed by atoms with van der Waals surface area (Å²) in [5.41, 5.74) is 0.830. The van der Waals surface area contributed by atoms with Gasteiger partial charge in [0.25, 0.3) is 0 Å². The van der Waals surface area contributed by atoms with Gasteiger partial charge in [0.15, 0.2) is 11.0 Å². The lowest BCUT2D eigenvalue weighted by atomic mass is 10.3. The molecule has 0 aliphatic heterocycles. The third-order valence-electron chi connectivity index (χ3n) is 2.63. The Balaban J connectivity index is 2.29. The molecule has 0 bridgehead atoms. The number of imidazole rings is 1. The first-order valence-electron chi connectivity index (χ1n) is 5.23. The number of aromatic carboxylic acids is 1. The molecule has 0 spiro atoms. The number of aromatic nitrogens is 2. The molecule has 7 heteroatoms. The lowest BCUT2D eigenvalue weighted by Gasteiger charge is -2.00. The van der Waals surface area contributed by atoms with E-state index in [4.69, 9.17) is 28.3 Å². The smallest absolute Gasteiger partial charge is 0.337 e. The summed E-state index contributed by atoms with van der Waals surface area (Å²) < 4.78 is 2.30. The van der Waals surface area contributed by atoms with Crippen molar-refractivity contribution < 1.29 is 9.90 Å². The highest BCUT2D eigenvalue weighted by Gasteiger charge is 2.14. The summed E-state index contributed by atoms with van der Waals surface area (Å²) in [4.78, 5) is 16.1. The molecule has 0 unspecified atom stereocenters. The van der Waals surface area contributed by atoms with E-state index in [1.165, 1.54) is 23.6 Å². The highest BCUT2D eigenvalue weighted by molar-refractivity contribution is 7.19. The quantitative estimate of drug-likeness (QED) is 0.776. The van der Waals surface area contributed by atoms with Gasteiger partial charge in [0.2, 0.25) is 0 Å². The Bertz CT molecular complexity index is 794. The number of pyridine rings is 1. The van der Waals surface area contributed by atoms with Crippen LogP contribution in [0.15, 0.2) is 30.5 Å². The molecular weight excluding hydrogens is 307 g/mol. The molecule has 0 radical (unpaired) electrons. The summed E-state index contributed by atoms with van der Waals surface area (Å²) in [6.07, 6.45) is 1.50. The van der Waals surface area contributed by atoms with E-state index in [0.29, 0.717) is 20.8 Å². The van der Waals surface area contributed by atoms with Crippen molar-refractivity contribution in [3.8, 4) is 10.7 Å². The molecule has 0 fully saturated rings. The van der Waals surface area contributed by atoms with E-state index < -0.39 is 5.97 Å². The van der Waals surface area contributed by atoms with Crippen LogP contribution in [0.5, 0.6) is 0 Å². The van der Waals surface area contributed by atoms with Crippen molar-refractivity contribution in [3.05, 3.63) is 45.5 Å². The molecule has 0 saturated heterocycles. The van der Waals surface area contributed by atoms with Gasteiger partial charge in [-0.15, -0.1) is 11.3 Å². The van der Waals surface area contributed by atoms with Crippen molar-refractivity contribution in [1.82, 2.24) is 9.38 Å². The maximum Gasteiger partial charge on any atom is 0.337 e. The van der Waals surface area contributed by atoms with Crippen LogP contribution in [0.25, 0.3) is 16.2 Å². The van der Waals surface area contributed by atoms with E-state index >= 15 is 0 Å². The average Bonchev–Trinajstić information content (AvgIpc) is 2.93. The Morgan fingerprint density at radius 1 is 1.26 bits per heavy atom. The highest BCUT2D eigenvalue weighted by atomic mass is 35.5. The first-order valence-corrected chi connectivity index (χ1v) is 6.80. The normalized spacial score (nSPS) is 11.1. The molecule has 0 atom stereocenters. The standard InChI is InChI=1S/C12H6Cl2N2O2S/c13-9-4-3-8(19-9)11-15-10(14)7-2-1-6(12(17)18)5-16(7)11/h1-5H,(H,17,18). The van der Waals surface area contributed by atoms with E-state index in [-0.39, 0.29) is 5.56 Å². The molecular formula is C12H6Cl2N2O2S. The number of halogens is 2. The molecule has 0 saturated carbocycles. The lowest BCUT2D eigenvalue weighted by Crippen LogP contribution is -1.99. The predicted octanol–water partition coefficient (Wildman–Crippen LogP) is 4.07. The van der Waals surface area contributed by atoms with E-state index in [1.807, 2.05) is 6.07 Å². The number of nitrogens with zero attached hydrogens (tertiary/aromatic N) is 2. The summed E-state index contributed by atoms with van der Waals surface area (Å²) in [5, 5.41) is 9.36. The van der Waals surface area contributed by atoms with Gasteiger partial charge < -0.3 is 5.11 Å². The SMILES string of the molecule is O=C(O)c1ccc2c(Cl)nc(-c3ccc(Cl)s3)n2c1. The number of fused-ring (bicyclic) bond motifs is 1. The van der Waals surface area contributed by atoms with Crippen LogP contribution in [0.3, 0.4) is 0 Å². The van der Waals surface area contributed by atoms with Crippen molar-refractivity contribution in [1.29, 1.82) is 0 Å². The number of thiophene rings is 1. The van der Waals surface area contributed by atoms with Gasteiger partial charge in [0.05, 0.1) is 20.3 Å². The van der Waals surface area contributed by atoms with Gasteiger partial charge in [-0.05, 0) is 24.3 Å². The van der Waals surface area contributed by atoms with Crippen LogP contribution >= 0.6 is 34.5 Å². The number of carboxylic acid groups (broad SMARTS) is 1. The topological polar surface area (TPSA) is 54.6 Å². The van der Waals surface area contributed by atoms with Gasteiger partial charge >= 0.3 is 5.97 Å². The van der Waals surface area contributed by atoms with Gasteiger partial charge in [-0.2, -0.15) is 0 Å². The summed E-state index contributed by atoms with van der Waals surface area (Å²) in [7, 11) is 0. The molecule has 3 aromatic rings. The lowest BCUT2D eigenvalue weighted by molar-refractivity contribution is 0.0696. The zero-order chi connectivity index (χ0) is 13.6. The molecule has 3 heterocycles. The summed E-state index contributed by atoms with van der Waals surface area (Å²) in [6, 6.07) is 6.72. The van der Waals surface area contributed by atoms with Crippen LogP contribution in [-0.4, -0.2) is 20.5 Å². The third kappa shape index (κ3) is 2.10. The second kappa shape index (κ2) is 4.52. The minimum absolute atomic E-state index is 0.172. The maximum atomic E-state index is 11.0. The van der Waals surface area contributed by atoms with Gasteiger partial charge in [-0.25, -0.2) is 9.78 Å². The van der Waals surface area contributed by atoms with E-state index in [9.17, 15) is 4.79 Å². The van der Waals surface area contributed by atoms with Crippen LogP contribution < -0.4 is 0 Å². The summed E-state index contributed by atoms with van der Waals surface area (Å²) in [5.74, 6) is -0.415. The average molecular weight is 313 g/mol. The van der Waals surface area contributed by atoms with E-state index in [1.54, 1.807) is 16.5 Å². The molecule has 19 heavy (non-hydrogen) atoms. The van der Waals surface area contributed by atoms with Crippen LogP contribution in [-0.2, 0) is 0 Å². The number of rotatable bonds is 2. The van der Waals surface area contributed by atoms with Gasteiger partial charge in [-0.3, -0.25) is 4.40 Å². The Morgan fingerprint density at radius 2 is 2.05 bits per heavy atom. The van der Waals surface area contributed by atoms with Crippen molar-refractivity contribution in [3.63, 3.8) is 0 Å². The van der Waals surface area contributed by atoms with Gasteiger partial charge in [-0.1, -0.05) is 23.2 Å². The predicted molar refractivity (Wildman–Crippen MR) is 75.5 cm³/mol. The first kappa shape index (κ1) is 12.5. The van der Waals surface area contributed by atoms with Crippen molar-refractivity contribution >= 4 is 46.0 Å². The monoisotopic (exact) mass is 312 g/mol. The highest BCUT2D eigenvalue weighted by Crippen LogP contribution is 2.33. The third-order valence-corrected chi connectivity index (χ3v) is 4.14. The molecule has 3 rings (SSSR count). The molecule has 4 nitrogen and oxygen atoms in total. The zero-order valence-corrected chi connectivity index (χ0v) is 11.6. The van der Waals surface area contributed by atoms with E-state index in [2.05, 4.69) is 4.98 Å². The minimum atomic E-state index is -0.998. The first-order chi connectivity index (χ1) is 9.06. The second-order valence-electron chi connectivity index (χ2n) is 3.81. The Hall–Kier alpha value is -1.56. The van der Waals surface area contributed by atoms with E-state index in [0.717, 1.165) is 4.88 Å². The maximum absolute atomic E-state index is 11.0. The number of carboxylic acids is 1. The second-order valence-corrected chi connectivity index (χ2v) is 5.88. The number of hydrogen-bond acceptors (Lipinski definition) is 3. The number of carbonyl (C=O) groups is 1. The van der Waals surface area contributed by atoms with Crippen LogP contribution in [0.4, 0.5) is 0 Å². The van der Waals surface area contributed by atoms with Crippen LogP contribution in [0, 0.1) is 0 Å². The largest absolute Gasteiger partial charge is 0.478 e. The number of hydrogen-bond donors (Lipinski definition) is 1. The molecule has 1 N–H and O–H groups in total. The zero-order valence-electron chi connectivity index (χ0n) is 9.30. The van der Waals surface area contributed by atoms with Crippen molar-refractivity contribution in [2.24, 2.45) is 0 Å². The molecule has 3 aromatic heterocycles. The van der Waals surface area contributed by atoms with Gasteiger partial charge in [0.1, 0.15) is 0 Å². The van der Waals surface area contributed by atoms with Crippen molar-refractivity contribution in [2.45, 2.75) is 0 Å². The van der Waals surface area contributed by atoms with Crippen molar-refractivity contribution in [2.75, 3.05) is 0 Å². The summed E-state index contributed by atoms with van der Waals surface area (Å²) in [6.45, 7) is 0. The fourth-order valence-corrected chi connectivity index (χ4v) is 3.05.